The first kappa shape index (κ1) is 23.4. The van der Waals surface area contributed by atoms with Crippen LogP contribution < -0.4 is 15.5 Å². The van der Waals surface area contributed by atoms with Gasteiger partial charge in [0.15, 0.2) is 6.61 Å². The smallest absolute Gasteiger partial charge is 0.339 e. The number of methoxy groups -OCH3 is 1. The van der Waals surface area contributed by atoms with E-state index in [9.17, 15) is 14.4 Å². The highest BCUT2D eigenvalue weighted by Gasteiger charge is 2.14. The van der Waals surface area contributed by atoms with Crippen molar-refractivity contribution in [2.75, 3.05) is 19.0 Å². The maximum Gasteiger partial charge on any atom is 0.339 e. The van der Waals surface area contributed by atoms with Crippen molar-refractivity contribution in [2.24, 2.45) is 5.10 Å². The molecule has 2 amide bonds. The molecule has 0 unspecified atom stereocenters. The highest BCUT2D eigenvalue weighted by Crippen LogP contribution is 2.27. The molecule has 0 aromatic heterocycles. The van der Waals surface area contributed by atoms with Gasteiger partial charge in [-0.15, -0.1) is 0 Å². The lowest BCUT2D eigenvalue weighted by Gasteiger charge is -2.10. The summed E-state index contributed by atoms with van der Waals surface area (Å²) in [6.45, 7) is 1.32. The number of hydrogen-bond acceptors (Lipinski definition) is 6. The molecular weight excluding hydrogens is 478 g/mol. The molecule has 10 heteroatoms. The Hall–Kier alpha value is -2.91. The summed E-state index contributed by atoms with van der Waals surface area (Å²) in [6.07, 6.45) is -0.0840. The molecular formula is C20H19BrClN3O5. The number of carbonyl (C=O) groups is 3. The molecule has 0 spiro atoms. The fourth-order valence-electron chi connectivity index (χ4n) is 2.27. The van der Waals surface area contributed by atoms with E-state index < -0.39 is 17.8 Å². The highest BCUT2D eigenvalue weighted by molar-refractivity contribution is 9.10. The van der Waals surface area contributed by atoms with Crippen LogP contribution in [0.4, 0.5) is 5.69 Å². The van der Waals surface area contributed by atoms with Crippen LogP contribution in [0.15, 0.2) is 52.0 Å². The molecule has 0 aliphatic heterocycles. The van der Waals surface area contributed by atoms with E-state index in [1.165, 1.54) is 7.11 Å². The Labute approximate surface area is 186 Å². The molecule has 0 saturated heterocycles. The first-order valence-corrected chi connectivity index (χ1v) is 9.84. The second-order valence-electron chi connectivity index (χ2n) is 6.01. The molecule has 0 bridgehead atoms. The van der Waals surface area contributed by atoms with Gasteiger partial charge in [-0.25, -0.2) is 10.2 Å². The summed E-state index contributed by atoms with van der Waals surface area (Å²) in [5.41, 5.74) is 3.25. The number of rotatable bonds is 8. The molecule has 0 saturated carbocycles. The van der Waals surface area contributed by atoms with Gasteiger partial charge in [-0.2, -0.15) is 5.10 Å². The number of ether oxygens (including phenoxy) is 2. The molecule has 0 aliphatic rings. The van der Waals surface area contributed by atoms with E-state index >= 15 is 0 Å². The van der Waals surface area contributed by atoms with E-state index in [1.807, 2.05) is 0 Å². The molecule has 8 nitrogen and oxygen atoms in total. The zero-order valence-corrected chi connectivity index (χ0v) is 18.5. The summed E-state index contributed by atoms with van der Waals surface area (Å²) < 4.78 is 10.7. The summed E-state index contributed by atoms with van der Waals surface area (Å²) >= 11 is 9.14. The van der Waals surface area contributed by atoms with Crippen molar-refractivity contribution < 1.29 is 23.9 Å². The number of benzene rings is 2. The lowest BCUT2D eigenvalue weighted by molar-refractivity contribution is -0.123. The molecule has 0 heterocycles. The largest absolute Gasteiger partial charge is 0.483 e. The number of carbonyl (C=O) groups excluding carboxylic acids is 3. The number of anilines is 1. The zero-order chi connectivity index (χ0) is 22.1. The van der Waals surface area contributed by atoms with Crippen molar-refractivity contribution in [1.82, 2.24) is 5.43 Å². The number of hydrogen-bond donors (Lipinski definition) is 2. The van der Waals surface area contributed by atoms with Gasteiger partial charge in [-0.05, 0) is 53.2 Å². The van der Waals surface area contributed by atoms with Gasteiger partial charge < -0.3 is 14.8 Å². The number of nitrogens with one attached hydrogen (secondary N) is 2. The van der Waals surface area contributed by atoms with Gasteiger partial charge in [0.05, 0.1) is 29.3 Å². The molecule has 2 N–H and O–H groups in total. The highest BCUT2D eigenvalue weighted by atomic mass is 79.9. The number of hydrazone groups is 1. The van der Waals surface area contributed by atoms with Crippen LogP contribution in [0.2, 0.25) is 5.02 Å². The number of amides is 2. The first-order chi connectivity index (χ1) is 14.3. The monoisotopic (exact) mass is 495 g/mol. The predicted octanol–water partition coefficient (Wildman–Crippen LogP) is 3.79. The van der Waals surface area contributed by atoms with Crippen LogP contribution in [0.3, 0.4) is 0 Å². The number of para-hydroxylation sites is 1. The summed E-state index contributed by atoms with van der Waals surface area (Å²) in [5, 5.41) is 7.04. The second kappa shape index (κ2) is 11.3. The Kier molecular flexibility index (Phi) is 8.82. The van der Waals surface area contributed by atoms with Gasteiger partial charge in [0, 0.05) is 10.7 Å². The van der Waals surface area contributed by atoms with Crippen molar-refractivity contribution in [3.05, 3.63) is 57.5 Å². The van der Waals surface area contributed by atoms with Crippen LogP contribution in [-0.4, -0.2) is 37.2 Å². The SMILES string of the molecule is COC(=O)c1ccccc1NC(=O)CC(C)=NNC(=O)COc1ccc(Cl)cc1Br. The van der Waals surface area contributed by atoms with E-state index in [-0.39, 0.29) is 18.6 Å². The lowest BCUT2D eigenvalue weighted by Crippen LogP contribution is -2.26. The van der Waals surface area contributed by atoms with Gasteiger partial charge in [0.2, 0.25) is 5.91 Å². The Bertz CT molecular complexity index is 981. The standard InChI is InChI=1S/C20H19BrClN3O5/c1-12(9-18(26)23-16-6-4-3-5-14(16)20(28)29-2)24-25-19(27)11-30-17-8-7-13(22)10-15(17)21/h3-8,10H,9,11H2,1-2H3,(H,23,26)(H,25,27). The summed E-state index contributed by atoms with van der Waals surface area (Å²) in [6, 6.07) is 11.4. The van der Waals surface area contributed by atoms with E-state index in [2.05, 4.69) is 36.5 Å². The van der Waals surface area contributed by atoms with E-state index in [4.69, 9.17) is 16.3 Å². The molecule has 0 fully saturated rings. The van der Waals surface area contributed by atoms with Gasteiger partial charge in [0.25, 0.3) is 5.91 Å². The Morgan fingerprint density at radius 2 is 1.87 bits per heavy atom. The molecule has 158 valence electrons. The van der Waals surface area contributed by atoms with Crippen molar-refractivity contribution in [3.8, 4) is 5.75 Å². The Morgan fingerprint density at radius 3 is 2.57 bits per heavy atom. The van der Waals surface area contributed by atoms with E-state index in [1.54, 1.807) is 49.4 Å². The van der Waals surface area contributed by atoms with Gasteiger partial charge in [-0.3, -0.25) is 9.59 Å². The van der Waals surface area contributed by atoms with Gasteiger partial charge in [-0.1, -0.05) is 23.7 Å². The maximum absolute atomic E-state index is 12.2. The van der Waals surface area contributed by atoms with E-state index in [0.29, 0.717) is 26.6 Å². The molecule has 0 radical (unpaired) electrons. The first-order valence-electron chi connectivity index (χ1n) is 8.67. The normalized spacial score (nSPS) is 10.9. The Balaban J connectivity index is 1.85. The van der Waals surface area contributed by atoms with Crippen molar-refractivity contribution in [2.45, 2.75) is 13.3 Å². The zero-order valence-electron chi connectivity index (χ0n) is 16.2. The fraction of sp³-hybridized carbons (Fsp3) is 0.200. The molecule has 2 aromatic rings. The van der Waals surface area contributed by atoms with Crippen LogP contribution in [-0.2, 0) is 14.3 Å². The third-order valence-corrected chi connectivity index (χ3v) is 4.50. The Morgan fingerprint density at radius 1 is 1.13 bits per heavy atom. The fourth-order valence-corrected chi connectivity index (χ4v) is 3.07. The third-order valence-electron chi connectivity index (χ3n) is 3.65. The summed E-state index contributed by atoms with van der Waals surface area (Å²) in [7, 11) is 1.26. The van der Waals surface area contributed by atoms with Crippen molar-refractivity contribution >= 4 is 56.7 Å². The number of esters is 1. The minimum Gasteiger partial charge on any atom is -0.483 e. The quantitative estimate of drug-likeness (QED) is 0.329. The summed E-state index contributed by atoms with van der Waals surface area (Å²) in [4.78, 5) is 35.9. The number of nitrogens with zero attached hydrogens (tertiary/aromatic N) is 1. The average Bonchev–Trinajstić information content (AvgIpc) is 2.71. The van der Waals surface area contributed by atoms with Crippen molar-refractivity contribution in [1.29, 1.82) is 0 Å². The van der Waals surface area contributed by atoms with Crippen LogP contribution >= 0.6 is 27.5 Å². The average molecular weight is 497 g/mol. The summed E-state index contributed by atoms with van der Waals surface area (Å²) in [5.74, 6) is -0.995. The van der Waals surface area contributed by atoms with Crippen LogP contribution in [0.1, 0.15) is 23.7 Å². The van der Waals surface area contributed by atoms with E-state index in [0.717, 1.165) is 0 Å². The minimum absolute atomic E-state index is 0.0840. The van der Waals surface area contributed by atoms with Crippen molar-refractivity contribution in [3.63, 3.8) is 0 Å². The molecule has 0 atom stereocenters. The molecule has 2 aromatic carbocycles. The van der Waals surface area contributed by atoms with Crippen LogP contribution in [0.25, 0.3) is 0 Å². The maximum atomic E-state index is 12.2. The van der Waals surface area contributed by atoms with Crippen LogP contribution in [0.5, 0.6) is 5.75 Å². The topological polar surface area (TPSA) is 106 Å². The minimum atomic E-state index is -0.559. The second-order valence-corrected chi connectivity index (χ2v) is 7.30. The predicted molar refractivity (Wildman–Crippen MR) is 117 cm³/mol. The molecule has 30 heavy (non-hydrogen) atoms. The molecule has 2 rings (SSSR count). The van der Waals surface area contributed by atoms with Gasteiger partial charge in [0.1, 0.15) is 5.75 Å². The van der Waals surface area contributed by atoms with Gasteiger partial charge >= 0.3 is 5.97 Å². The lowest BCUT2D eigenvalue weighted by atomic mass is 10.1. The number of halogens is 2. The molecule has 0 aliphatic carbocycles. The third kappa shape index (κ3) is 7.16. The van der Waals surface area contributed by atoms with Crippen LogP contribution in [0, 0.1) is 0 Å².